The Morgan fingerprint density at radius 3 is 2.94 bits per heavy atom. The van der Waals surface area contributed by atoms with E-state index in [-0.39, 0.29) is 0 Å². The van der Waals surface area contributed by atoms with E-state index in [9.17, 15) is 0 Å². The van der Waals surface area contributed by atoms with Crippen LogP contribution in [-0.4, -0.2) is 24.6 Å². The van der Waals surface area contributed by atoms with Crippen molar-refractivity contribution in [3.05, 3.63) is 35.5 Å². The quantitative estimate of drug-likeness (QED) is 0.806. The molecule has 3 heteroatoms. The maximum absolute atomic E-state index is 4.55. The maximum Gasteiger partial charge on any atom is 0.128 e. The number of hydrogen-bond donors (Lipinski definition) is 1. The second kappa shape index (κ2) is 5.82. The Bertz CT molecular complexity index is 381. The Kier molecular flexibility index (Phi) is 4.15. The van der Waals surface area contributed by atoms with Crippen LogP contribution in [0.15, 0.2) is 30.0 Å². The molecule has 3 nitrogen and oxygen atoms in total. The molecule has 1 aliphatic rings. The molecule has 2 rings (SSSR count). The topological polar surface area (TPSA) is 28.2 Å². The fraction of sp³-hybridized carbons (Fsp3) is 0.500. The molecule has 0 fully saturated rings. The van der Waals surface area contributed by atoms with Crippen LogP contribution in [0.5, 0.6) is 0 Å². The van der Waals surface area contributed by atoms with E-state index in [0.717, 1.165) is 38.4 Å². The van der Waals surface area contributed by atoms with Gasteiger partial charge in [0.25, 0.3) is 0 Å². The Morgan fingerprint density at radius 2 is 2.29 bits per heavy atom. The minimum absolute atomic E-state index is 0.905. The van der Waals surface area contributed by atoms with Gasteiger partial charge in [-0.25, -0.2) is 4.98 Å². The lowest BCUT2D eigenvalue weighted by Gasteiger charge is -2.27. The van der Waals surface area contributed by atoms with Crippen molar-refractivity contribution >= 4 is 5.82 Å². The van der Waals surface area contributed by atoms with E-state index >= 15 is 0 Å². The van der Waals surface area contributed by atoms with Crippen molar-refractivity contribution in [2.45, 2.75) is 26.8 Å². The average Bonchev–Trinajstić information content (AvgIpc) is 2.37. The summed E-state index contributed by atoms with van der Waals surface area (Å²) < 4.78 is 0. The molecular weight excluding hydrogens is 210 g/mol. The number of nitrogens with one attached hydrogen (secondary N) is 1. The average molecular weight is 231 g/mol. The smallest absolute Gasteiger partial charge is 0.128 e. The van der Waals surface area contributed by atoms with Gasteiger partial charge in [0, 0.05) is 25.8 Å². The third-order valence-electron chi connectivity index (χ3n) is 3.04. The van der Waals surface area contributed by atoms with E-state index in [1.807, 2.05) is 6.20 Å². The summed E-state index contributed by atoms with van der Waals surface area (Å²) in [6.45, 7) is 8.30. The highest BCUT2D eigenvalue weighted by molar-refractivity contribution is 5.42. The van der Waals surface area contributed by atoms with Crippen molar-refractivity contribution in [1.82, 2.24) is 10.3 Å². The van der Waals surface area contributed by atoms with Gasteiger partial charge in [-0.3, -0.25) is 0 Å². The molecule has 1 aliphatic heterocycles. The molecule has 2 heterocycles. The van der Waals surface area contributed by atoms with Gasteiger partial charge in [0.15, 0.2) is 0 Å². The molecule has 0 spiro atoms. The van der Waals surface area contributed by atoms with Crippen molar-refractivity contribution < 1.29 is 0 Å². The number of nitrogens with zero attached hydrogens (tertiary/aromatic N) is 2. The summed E-state index contributed by atoms with van der Waals surface area (Å²) in [5.41, 5.74) is 2.69. The van der Waals surface area contributed by atoms with Crippen LogP contribution in [-0.2, 0) is 6.54 Å². The first kappa shape index (κ1) is 12.1. The first-order chi connectivity index (χ1) is 8.29. The Morgan fingerprint density at radius 1 is 1.41 bits per heavy atom. The van der Waals surface area contributed by atoms with Crippen LogP contribution in [0.4, 0.5) is 5.82 Å². The predicted molar refractivity (Wildman–Crippen MR) is 72.2 cm³/mol. The molecule has 1 aromatic heterocycles. The molecule has 0 amide bonds. The van der Waals surface area contributed by atoms with Crippen LogP contribution < -0.4 is 10.2 Å². The summed E-state index contributed by atoms with van der Waals surface area (Å²) in [5.74, 6) is 1.10. The zero-order valence-electron chi connectivity index (χ0n) is 10.7. The third kappa shape index (κ3) is 3.30. The van der Waals surface area contributed by atoms with Gasteiger partial charge in [0.05, 0.1) is 0 Å². The van der Waals surface area contributed by atoms with Crippen molar-refractivity contribution in [2.24, 2.45) is 0 Å². The third-order valence-corrected chi connectivity index (χ3v) is 3.04. The second-order valence-electron chi connectivity index (χ2n) is 4.57. The lowest BCUT2D eigenvalue weighted by Crippen LogP contribution is -2.29. The van der Waals surface area contributed by atoms with Gasteiger partial charge in [0.2, 0.25) is 0 Å². The van der Waals surface area contributed by atoms with E-state index in [1.165, 1.54) is 11.1 Å². The van der Waals surface area contributed by atoms with Gasteiger partial charge < -0.3 is 10.2 Å². The molecule has 0 bridgehead atoms. The van der Waals surface area contributed by atoms with E-state index < -0.39 is 0 Å². The van der Waals surface area contributed by atoms with Crippen molar-refractivity contribution in [1.29, 1.82) is 0 Å². The lowest BCUT2D eigenvalue weighted by atomic mass is 10.1. The molecule has 0 unspecified atom stereocenters. The predicted octanol–water partition coefficient (Wildman–Crippen LogP) is 2.35. The highest BCUT2D eigenvalue weighted by Gasteiger charge is 2.11. The number of anilines is 1. The molecule has 92 valence electrons. The van der Waals surface area contributed by atoms with Gasteiger partial charge in [-0.15, -0.1) is 0 Å². The highest BCUT2D eigenvalue weighted by Crippen LogP contribution is 2.17. The van der Waals surface area contributed by atoms with E-state index in [1.54, 1.807) is 0 Å². The van der Waals surface area contributed by atoms with Gasteiger partial charge in [-0.1, -0.05) is 24.6 Å². The minimum atomic E-state index is 0.905. The molecule has 17 heavy (non-hydrogen) atoms. The van der Waals surface area contributed by atoms with Crippen molar-refractivity contribution in [2.75, 3.05) is 24.5 Å². The second-order valence-corrected chi connectivity index (χ2v) is 4.57. The largest absolute Gasteiger partial charge is 0.352 e. The standard InChI is InChI=1S/C14H21N3/c1-3-15-9-13-6-7-14(16-10-13)17-8-4-5-12(2)11-17/h5-7,10,15H,3-4,8-9,11H2,1-2H3. The van der Waals surface area contributed by atoms with Gasteiger partial charge in [-0.2, -0.15) is 0 Å². The number of rotatable bonds is 4. The fourth-order valence-electron chi connectivity index (χ4n) is 2.08. The Labute approximate surface area is 104 Å². The van der Waals surface area contributed by atoms with Crippen LogP contribution in [0, 0.1) is 0 Å². The normalized spacial score (nSPS) is 15.9. The summed E-state index contributed by atoms with van der Waals surface area (Å²) in [6, 6.07) is 4.30. The number of aromatic nitrogens is 1. The molecule has 0 aliphatic carbocycles. The van der Waals surface area contributed by atoms with Gasteiger partial charge in [-0.05, 0) is 31.5 Å². The van der Waals surface area contributed by atoms with Crippen LogP contribution in [0.1, 0.15) is 25.8 Å². The van der Waals surface area contributed by atoms with Crippen molar-refractivity contribution in [3.8, 4) is 0 Å². The summed E-state index contributed by atoms with van der Waals surface area (Å²) in [4.78, 5) is 6.89. The summed E-state index contributed by atoms with van der Waals surface area (Å²) >= 11 is 0. The SMILES string of the molecule is CCNCc1ccc(N2CCC=C(C)C2)nc1. The van der Waals surface area contributed by atoms with Crippen LogP contribution in [0.2, 0.25) is 0 Å². The molecular formula is C14H21N3. The lowest BCUT2D eigenvalue weighted by molar-refractivity contribution is 0.722. The van der Waals surface area contributed by atoms with Crippen molar-refractivity contribution in [3.63, 3.8) is 0 Å². The minimum Gasteiger partial charge on any atom is -0.352 e. The monoisotopic (exact) mass is 231 g/mol. The maximum atomic E-state index is 4.55. The zero-order chi connectivity index (χ0) is 12.1. The first-order valence-corrected chi connectivity index (χ1v) is 6.36. The Hall–Kier alpha value is -1.35. The molecule has 1 N–H and O–H groups in total. The van der Waals surface area contributed by atoms with Gasteiger partial charge in [0.1, 0.15) is 5.82 Å². The molecule has 0 saturated heterocycles. The highest BCUT2D eigenvalue weighted by atomic mass is 15.2. The molecule has 1 aromatic rings. The summed E-state index contributed by atoms with van der Waals surface area (Å²) in [5, 5.41) is 3.31. The zero-order valence-corrected chi connectivity index (χ0v) is 10.7. The molecule has 0 radical (unpaired) electrons. The summed E-state index contributed by atoms with van der Waals surface area (Å²) in [6.07, 6.45) is 5.42. The van der Waals surface area contributed by atoms with Gasteiger partial charge >= 0.3 is 0 Å². The van der Waals surface area contributed by atoms with E-state index in [0.29, 0.717) is 0 Å². The van der Waals surface area contributed by atoms with Crippen LogP contribution >= 0.6 is 0 Å². The molecule has 0 saturated carbocycles. The number of hydrogen-bond acceptors (Lipinski definition) is 3. The molecule has 0 atom stereocenters. The first-order valence-electron chi connectivity index (χ1n) is 6.36. The number of pyridine rings is 1. The Balaban J connectivity index is 2.00. The summed E-state index contributed by atoms with van der Waals surface area (Å²) in [7, 11) is 0. The van der Waals surface area contributed by atoms with E-state index in [2.05, 4.69) is 47.3 Å². The molecule has 0 aromatic carbocycles. The van der Waals surface area contributed by atoms with Crippen LogP contribution in [0.25, 0.3) is 0 Å². The fourth-order valence-corrected chi connectivity index (χ4v) is 2.08. The van der Waals surface area contributed by atoms with Crippen LogP contribution in [0.3, 0.4) is 0 Å². The van der Waals surface area contributed by atoms with E-state index in [4.69, 9.17) is 0 Å².